The molecule has 0 bridgehead atoms. The first-order valence-corrected chi connectivity index (χ1v) is 6.19. The zero-order valence-electron chi connectivity index (χ0n) is 10.1. The Morgan fingerprint density at radius 2 is 1.62 bits per heavy atom. The zero-order chi connectivity index (χ0) is 11.8. The number of benzene rings is 1. The van der Waals surface area contributed by atoms with Gasteiger partial charge in [-0.25, -0.2) is 0 Å². The molecule has 1 heterocycles. The normalized spacial score (nSPS) is 11.8. The molecular weight excluding hydrogens is 216 g/mol. The third-order valence-corrected chi connectivity index (χ3v) is 3.41. The standard InChI is InChI=1S/C13H16N2S/c1-9-14-15-12(16-9)10-5-7-11(8-6-10)13(2,3)4/h5-8H,1-4H3. The van der Waals surface area contributed by atoms with Crippen molar-refractivity contribution in [3.8, 4) is 10.6 Å². The van der Waals surface area contributed by atoms with E-state index in [9.17, 15) is 0 Å². The number of aryl methyl sites for hydroxylation is 1. The molecule has 1 aromatic heterocycles. The highest BCUT2D eigenvalue weighted by Crippen LogP contribution is 2.27. The average Bonchev–Trinajstić information content (AvgIpc) is 2.64. The monoisotopic (exact) mass is 232 g/mol. The summed E-state index contributed by atoms with van der Waals surface area (Å²) in [5, 5.41) is 10.2. The Kier molecular flexibility index (Phi) is 2.80. The van der Waals surface area contributed by atoms with Gasteiger partial charge in [-0.15, -0.1) is 10.2 Å². The molecule has 0 N–H and O–H groups in total. The quantitative estimate of drug-likeness (QED) is 0.747. The van der Waals surface area contributed by atoms with E-state index in [1.807, 2.05) is 6.92 Å². The van der Waals surface area contributed by atoms with Crippen LogP contribution < -0.4 is 0 Å². The third kappa shape index (κ3) is 2.30. The van der Waals surface area contributed by atoms with E-state index in [4.69, 9.17) is 0 Å². The second-order valence-corrected chi connectivity index (χ2v) is 6.14. The van der Waals surface area contributed by atoms with Crippen molar-refractivity contribution in [3.05, 3.63) is 34.8 Å². The van der Waals surface area contributed by atoms with Crippen LogP contribution in [0.3, 0.4) is 0 Å². The summed E-state index contributed by atoms with van der Waals surface area (Å²) < 4.78 is 0. The van der Waals surface area contributed by atoms with Crippen molar-refractivity contribution in [3.63, 3.8) is 0 Å². The van der Waals surface area contributed by atoms with E-state index < -0.39 is 0 Å². The minimum atomic E-state index is 0.204. The molecule has 0 aliphatic heterocycles. The maximum absolute atomic E-state index is 4.15. The van der Waals surface area contributed by atoms with Crippen LogP contribution in [0, 0.1) is 6.92 Å². The highest BCUT2D eigenvalue weighted by atomic mass is 32.1. The molecule has 0 unspecified atom stereocenters. The molecular formula is C13H16N2S. The van der Waals surface area contributed by atoms with Gasteiger partial charge in [0.05, 0.1) is 0 Å². The largest absolute Gasteiger partial charge is 0.147 e. The molecule has 84 valence electrons. The molecule has 0 fully saturated rings. The molecule has 0 aliphatic rings. The van der Waals surface area contributed by atoms with Crippen molar-refractivity contribution >= 4 is 11.3 Å². The first-order chi connectivity index (χ1) is 7.47. The summed E-state index contributed by atoms with van der Waals surface area (Å²) in [6.45, 7) is 8.63. The maximum Gasteiger partial charge on any atom is 0.147 e. The van der Waals surface area contributed by atoms with E-state index in [-0.39, 0.29) is 5.41 Å². The van der Waals surface area contributed by atoms with E-state index in [1.165, 1.54) is 5.56 Å². The van der Waals surface area contributed by atoms with Crippen LogP contribution in [-0.4, -0.2) is 10.2 Å². The van der Waals surface area contributed by atoms with Gasteiger partial charge < -0.3 is 0 Å². The number of rotatable bonds is 1. The van der Waals surface area contributed by atoms with Gasteiger partial charge in [0.15, 0.2) is 0 Å². The fourth-order valence-corrected chi connectivity index (χ4v) is 2.22. The second-order valence-electron chi connectivity index (χ2n) is 4.95. The highest BCUT2D eigenvalue weighted by Gasteiger charge is 2.13. The van der Waals surface area contributed by atoms with E-state index in [0.717, 1.165) is 15.6 Å². The van der Waals surface area contributed by atoms with Crippen molar-refractivity contribution in [2.45, 2.75) is 33.1 Å². The molecule has 16 heavy (non-hydrogen) atoms. The summed E-state index contributed by atoms with van der Waals surface area (Å²) in [4.78, 5) is 0. The molecule has 3 heteroatoms. The minimum absolute atomic E-state index is 0.204. The van der Waals surface area contributed by atoms with E-state index in [1.54, 1.807) is 11.3 Å². The van der Waals surface area contributed by atoms with Crippen LogP contribution in [0.2, 0.25) is 0 Å². The molecule has 0 saturated carbocycles. The average molecular weight is 232 g/mol. The van der Waals surface area contributed by atoms with Gasteiger partial charge in [0.1, 0.15) is 10.0 Å². The van der Waals surface area contributed by atoms with Gasteiger partial charge in [0, 0.05) is 5.56 Å². The molecule has 0 aliphatic carbocycles. The minimum Gasteiger partial charge on any atom is -0.143 e. The SMILES string of the molecule is Cc1nnc(-c2ccc(C(C)(C)C)cc2)s1. The van der Waals surface area contributed by atoms with Gasteiger partial charge in [-0.3, -0.25) is 0 Å². The van der Waals surface area contributed by atoms with Crippen LogP contribution in [0.1, 0.15) is 31.3 Å². The van der Waals surface area contributed by atoms with E-state index in [0.29, 0.717) is 0 Å². The van der Waals surface area contributed by atoms with Crippen LogP contribution in [0.15, 0.2) is 24.3 Å². The smallest absolute Gasteiger partial charge is 0.143 e. The van der Waals surface area contributed by atoms with Gasteiger partial charge in [-0.2, -0.15) is 0 Å². The first kappa shape index (κ1) is 11.3. The van der Waals surface area contributed by atoms with E-state index in [2.05, 4.69) is 55.2 Å². The van der Waals surface area contributed by atoms with Crippen LogP contribution in [0.4, 0.5) is 0 Å². The van der Waals surface area contributed by atoms with Crippen molar-refractivity contribution in [1.29, 1.82) is 0 Å². The summed E-state index contributed by atoms with van der Waals surface area (Å²) in [7, 11) is 0. The van der Waals surface area contributed by atoms with Crippen LogP contribution >= 0.6 is 11.3 Å². The third-order valence-electron chi connectivity index (χ3n) is 2.52. The van der Waals surface area contributed by atoms with Crippen LogP contribution in [-0.2, 0) is 5.41 Å². The summed E-state index contributed by atoms with van der Waals surface area (Å²) in [6.07, 6.45) is 0. The summed E-state index contributed by atoms with van der Waals surface area (Å²) in [5.74, 6) is 0. The molecule has 0 atom stereocenters. The molecule has 1 aromatic carbocycles. The Morgan fingerprint density at radius 3 is 2.06 bits per heavy atom. The number of hydrogen-bond acceptors (Lipinski definition) is 3. The molecule has 0 spiro atoms. The van der Waals surface area contributed by atoms with Crippen molar-refractivity contribution < 1.29 is 0 Å². The van der Waals surface area contributed by atoms with Crippen LogP contribution in [0.25, 0.3) is 10.6 Å². The lowest BCUT2D eigenvalue weighted by atomic mass is 9.87. The summed E-state index contributed by atoms with van der Waals surface area (Å²) >= 11 is 1.63. The Balaban J connectivity index is 2.33. The Labute approximate surface area is 100 Å². The molecule has 0 saturated heterocycles. The Morgan fingerprint density at radius 1 is 1.00 bits per heavy atom. The lowest BCUT2D eigenvalue weighted by Gasteiger charge is -2.18. The summed E-state index contributed by atoms with van der Waals surface area (Å²) in [5.41, 5.74) is 2.70. The zero-order valence-corrected chi connectivity index (χ0v) is 10.9. The number of hydrogen-bond donors (Lipinski definition) is 0. The van der Waals surface area contributed by atoms with Gasteiger partial charge in [-0.1, -0.05) is 56.4 Å². The van der Waals surface area contributed by atoms with Gasteiger partial charge in [-0.05, 0) is 17.9 Å². The molecule has 0 amide bonds. The van der Waals surface area contributed by atoms with Gasteiger partial charge in [0.25, 0.3) is 0 Å². The van der Waals surface area contributed by atoms with Crippen LogP contribution in [0.5, 0.6) is 0 Å². The second kappa shape index (κ2) is 3.98. The van der Waals surface area contributed by atoms with E-state index >= 15 is 0 Å². The number of nitrogens with zero attached hydrogens (tertiary/aromatic N) is 2. The lowest BCUT2D eigenvalue weighted by Crippen LogP contribution is -2.10. The topological polar surface area (TPSA) is 25.8 Å². The molecule has 2 rings (SSSR count). The van der Waals surface area contributed by atoms with Gasteiger partial charge >= 0.3 is 0 Å². The molecule has 0 radical (unpaired) electrons. The fraction of sp³-hybridized carbons (Fsp3) is 0.385. The predicted molar refractivity (Wildman–Crippen MR) is 68.8 cm³/mol. The van der Waals surface area contributed by atoms with Gasteiger partial charge in [0.2, 0.25) is 0 Å². The van der Waals surface area contributed by atoms with Crippen molar-refractivity contribution in [2.24, 2.45) is 0 Å². The van der Waals surface area contributed by atoms with Crippen molar-refractivity contribution in [2.75, 3.05) is 0 Å². The lowest BCUT2D eigenvalue weighted by molar-refractivity contribution is 0.590. The fourth-order valence-electron chi connectivity index (χ4n) is 1.53. The highest BCUT2D eigenvalue weighted by molar-refractivity contribution is 7.14. The maximum atomic E-state index is 4.15. The van der Waals surface area contributed by atoms with Crippen molar-refractivity contribution in [1.82, 2.24) is 10.2 Å². The molecule has 2 aromatic rings. The summed E-state index contributed by atoms with van der Waals surface area (Å²) in [6, 6.07) is 8.60. The Bertz CT molecular complexity index is 477. The Hall–Kier alpha value is -1.22. The number of aromatic nitrogens is 2. The predicted octanol–water partition coefficient (Wildman–Crippen LogP) is 3.81. The molecule has 2 nitrogen and oxygen atoms in total. The first-order valence-electron chi connectivity index (χ1n) is 5.38.